The Hall–Kier alpha value is -3.20. The third-order valence-electron chi connectivity index (χ3n) is 5.49. The molecule has 0 fully saturated rings. The predicted octanol–water partition coefficient (Wildman–Crippen LogP) is 5.54. The van der Waals surface area contributed by atoms with Gasteiger partial charge in [0, 0.05) is 28.1 Å². The molecule has 1 heterocycles. The van der Waals surface area contributed by atoms with Gasteiger partial charge in [-0.25, -0.2) is 0 Å². The number of ether oxygens (including phenoxy) is 1. The minimum Gasteiger partial charge on any atom is -0.508 e. The lowest BCUT2D eigenvalue weighted by Gasteiger charge is -2.32. The van der Waals surface area contributed by atoms with E-state index < -0.39 is 5.41 Å². The Morgan fingerprint density at radius 2 is 1.67 bits per heavy atom. The van der Waals surface area contributed by atoms with Crippen LogP contribution in [0.2, 0.25) is 0 Å². The van der Waals surface area contributed by atoms with Gasteiger partial charge in [-0.3, -0.25) is 0 Å². The van der Waals surface area contributed by atoms with E-state index in [4.69, 9.17) is 4.74 Å². The molecule has 3 heteroatoms. The van der Waals surface area contributed by atoms with E-state index in [1.165, 1.54) is 0 Å². The second-order valence-electron chi connectivity index (χ2n) is 7.12. The molecular weight excluding hydrogens is 334 g/mol. The lowest BCUT2D eigenvalue weighted by Crippen LogP contribution is -2.25. The molecule has 4 rings (SSSR count). The van der Waals surface area contributed by atoms with Gasteiger partial charge in [0.25, 0.3) is 0 Å². The SMILES string of the molecule is COc1ccc([C@](C)(c2ccc(C)cc2O)c2c[nH]c3ccccc23)cc1. The van der Waals surface area contributed by atoms with Gasteiger partial charge in [-0.2, -0.15) is 0 Å². The number of fused-ring (bicyclic) bond motifs is 1. The van der Waals surface area contributed by atoms with Gasteiger partial charge in [0.15, 0.2) is 0 Å². The number of aromatic nitrogens is 1. The highest BCUT2D eigenvalue weighted by Crippen LogP contribution is 2.45. The van der Waals surface area contributed by atoms with Gasteiger partial charge in [-0.15, -0.1) is 0 Å². The highest BCUT2D eigenvalue weighted by Gasteiger charge is 2.35. The van der Waals surface area contributed by atoms with Crippen LogP contribution in [-0.2, 0) is 5.41 Å². The molecule has 0 bridgehead atoms. The van der Waals surface area contributed by atoms with Gasteiger partial charge in [-0.1, -0.05) is 42.5 Å². The zero-order valence-electron chi connectivity index (χ0n) is 15.8. The van der Waals surface area contributed by atoms with E-state index >= 15 is 0 Å². The molecule has 0 saturated carbocycles. The summed E-state index contributed by atoms with van der Waals surface area (Å²) in [5, 5.41) is 12.0. The number of phenols is 1. The maximum atomic E-state index is 10.8. The third kappa shape index (κ3) is 2.76. The molecule has 0 spiro atoms. The number of para-hydroxylation sites is 1. The van der Waals surface area contributed by atoms with Gasteiger partial charge in [0.1, 0.15) is 11.5 Å². The number of nitrogens with one attached hydrogen (secondary N) is 1. The molecule has 3 aromatic carbocycles. The maximum Gasteiger partial charge on any atom is 0.120 e. The summed E-state index contributed by atoms with van der Waals surface area (Å²) in [4.78, 5) is 3.38. The van der Waals surface area contributed by atoms with Crippen LogP contribution in [0.3, 0.4) is 0 Å². The van der Waals surface area contributed by atoms with Crippen LogP contribution in [0.25, 0.3) is 10.9 Å². The largest absolute Gasteiger partial charge is 0.508 e. The first-order valence-electron chi connectivity index (χ1n) is 9.05. The van der Waals surface area contributed by atoms with Crippen molar-refractivity contribution in [3.63, 3.8) is 0 Å². The molecule has 27 heavy (non-hydrogen) atoms. The van der Waals surface area contributed by atoms with Crippen molar-refractivity contribution < 1.29 is 9.84 Å². The maximum absolute atomic E-state index is 10.8. The minimum absolute atomic E-state index is 0.304. The summed E-state index contributed by atoms with van der Waals surface area (Å²) in [6.07, 6.45) is 2.05. The lowest BCUT2D eigenvalue weighted by molar-refractivity contribution is 0.414. The Kier molecular flexibility index (Phi) is 4.15. The zero-order chi connectivity index (χ0) is 19.0. The summed E-state index contributed by atoms with van der Waals surface area (Å²) in [6, 6.07) is 22.2. The fourth-order valence-electron chi connectivity index (χ4n) is 3.93. The van der Waals surface area contributed by atoms with E-state index in [1.54, 1.807) is 7.11 Å². The van der Waals surface area contributed by atoms with Crippen molar-refractivity contribution in [2.24, 2.45) is 0 Å². The molecule has 3 nitrogen and oxygen atoms in total. The Bertz CT molecular complexity index is 1100. The smallest absolute Gasteiger partial charge is 0.120 e. The molecule has 0 aliphatic carbocycles. The van der Waals surface area contributed by atoms with Crippen LogP contribution in [0, 0.1) is 6.92 Å². The lowest BCUT2D eigenvalue weighted by atomic mass is 9.70. The van der Waals surface area contributed by atoms with Crippen LogP contribution in [0.4, 0.5) is 0 Å². The molecule has 0 amide bonds. The van der Waals surface area contributed by atoms with E-state index in [2.05, 4.69) is 36.2 Å². The van der Waals surface area contributed by atoms with E-state index in [0.29, 0.717) is 5.75 Å². The monoisotopic (exact) mass is 357 g/mol. The summed E-state index contributed by atoms with van der Waals surface area (Å²) in [5.74, 6) is 1.12. The molecule has 1 atom stereocenters. The number of hydrogen-bond donors (Lipinski definition) is 2. The normalized spacial score (nSPS) is 13.4. The second-order valence-corrected chi connectivity index (χ2v) is 7.12. The predicted molar refractivity (Wildman–Crippen MR) is 110 cm³/mol. The average molecular weight is 357 g/mol. The van der Waals surface area contributed by atoms with Crippen LogP contribution in [0.15, 0.2) is 72.9 Å². The van der Waals surface area contributed by atoms with Gasteiger partial charge in [0.2, 0.25) is 0 Å². The molecule has 0 radical (unpaired) electrons. The summed E-state index contributed by atoms with van der Waals surface area (Å²) in [7, 11) is 1.67. The third-order valence-corrected chi connectivity index (χ3v) is 5.49. The van der Waals surface area contributed by atoms with Crippen molar-refractivity contribution in [3.8, 4) is 11.5 Å². The minimum atomic E-state index is -0.524. The van der Waals surface area contributed by atoms with Crippen molar-refractivity contribution in [1.29, 1.82) is 0 Å². The highest BCUT2D eigenvalue weighted by molar-refractivity contribution is 5.86. The van der Waals surface area contributed by atoms with E-state index in [9.17, 15) is 5.11 Å². The molecule has 136 valence electrons. The Morgan fingerprint density at radius 3 is 2.37 bits per heavy atom. The van der Waals surface area contributed by atoms with Gasteiger partial charge < -0.3 is 14.8 Å². The number of hydrogen-bond acceptors (Lipinski definition) is 2. The number of benzene rings is 3. The summed E-state index contributed by atoms with van der Waals surface area (Å²) in [5.41, 5.74) is 4.69. The zero-order valence-corrected chi connectivity index (χ0v) is 15.8. The number of aromatic hydroxyl groups is 1. The summed E-state index contributed by atoms with van der Waals surface area (Å²) >= 11 is 0. The molecule has 0 aliphatic heterocycles. The summed E-state index contributed by atoms with van der Waals surface area (Å²) in [6.45, 7) is 4.15. The number of rotatable bonds is 4. The molecule has 2 N–H and O–H groups in total. The molecule has 0 aliphatic rings. The van der Waals surface area contributed by atoms with E-state index in [1.807, 2.05) is 55.6 Å². The van der Waals surface area contributed by atoms with Crippen LogP contribution < -0.4 is 4.74 Å². The number of phenolic OH excluding ortho intramolecular Hbond substituents is 1. The second kappa shape index (κ2) is 6.51. The molecular formula is C24H23NO2. The fraction of sp³-hybridized carbons (Fsp3) is 0.167. The fourth-order valence-corrected chi connectivity index (χ4v) is 3.93. The van der Waals surface area contributed by atoms with Crippen molar-refractivity contribution in [2.45, 2.75) is 19.3 Å². The van der Waals surface area contributed by atoms with Crippen molar-refractivity contribution in [1.82, 2.24) is 4.98 Å². The van der Waals surface area contributed by atoms with Crippen LogP contribution in [-0.4, -0.2) is 17.2 Å². The van der Waals surface area contributed by atoms with Crippen molar-refractivity contribution in [2.75, 3.05) is 7.11 Å². The van der Waals surface area contributed by atoms with Crippen molar-refractivity contribution in [3.05, 3.63) is 95.2 Å². The first-order chi connectivity index (χ1) is 13.0. The van der Waals surface area contributed by atoms with Crippen molar-refractivity contribution >= 4 is 10.9 Å². The quantitative estimate of drug-likeness (QED) is 0.503. The van der Waals surface area contributed by atoms with Gasteiger partial charge in [0.05, 0.1) is 7.11 Å². The van der Waals surface area contributed by atoms with Gasteiger partial charge >= 0.3 is 0 Å². The number of aryl methyl sites for hydroxylation is 1. The number of methoxy groups -OCH3 is 1. The Morgan fingerprint density at radius 1 is 0.926 bits per heavy atom. The van der Waals surface area contributed by atoms with Crippen LogP contribution in [0.5, 0.6) is 11.5 Å². The number of aromatic amines is 1. The first kappa shape index (κ1) is 17.2. The first-order valence-corrected chi connectivity index (χ1v) is 9.05. The van der Waals surface area contributed by atoms with E-state index in [0.717, 1.165) is 38.9 Å². The van der Waals surface area contributed by atoms with E-state index in [-0.39, 0.29) is 0 Å². The molecule has 0 unspecified atom stereocenters. The summed E-state index contributed by atoms with van der Waals surface area (Å²) < 4.78 is 5.33. The Balaban J connectivity index is 2.02. The molecule has 4 aromatic rings. The van der Waals surface area contributed by atoms with Crippen LogP contribution >= 0.6 is 0 Å². The Labute approximate surface area is 159 Å². The molecule has 1 aromatic heterocycles. The topological polar surface area (TPSA) is 45.2 Å². The average Bonchev–Trinajstić information content (AvgIpc) is 3.12. The highest BCUT2D eigenvalue weighted by atomic mass is 16.5. The van der Waals surface area contributed by atoms with Gasteiger partial charge in [-0.05, 0) is 54.8 Å². The number of H-pyrrole nitrogens is 1. The van der Waals surface area contributed by atoms with Crippen LogP contribution in [0.1, 0.15) is 29.2 Å². The standard InChI is InChI=1S/C24H23NO2/c1-16-8-13-20(23(26)14-16)24(2,17-9-11-18(27-3)12-10-17)21-15-25-22-7-5-4-6-19(21)22/h4-15,25-26H,1-3H3/t24-/m1/s1. The molecule has 0 saturated heterocycles.